The van der Waals surface area contributed by atoms with Crippen LogP contribution in [0.15, 0.2) is 16.9 Å². The van der Waals surface area contributed by atoms with Crippen molar-refractivity contribution < 1.29 is 7.48 Å². The zero-order valence-electron chi connectivity index (χ0n) is 6.68. The fraction of sp³-hybridized carbons (Fsp3) is 0.200. The lowest BCUT2D eigenvalue weighted by Gasteiger charge is -1.94. The van der Waals surface area contributed by atoms with Crippen LogP contribution in [0.4, 0.5) is 0 Å². The van der Waals surface area contributed by atoms with Crippen molar-refractivity contribution in [3.63, 3.8) is 0 Å². The van der Waals surface area contributed by atoms with Crippen molar-refractivity contribution in [2.24, 2.45) is 0 Å². The molecule has 0 atom stereocenters. The summed E-state index contributed by atoms with van der Waals surface area (Å²) in [6, 6.07) is 0.0588. The van der Waals surface area contributed by atoms with Gasteiger partial charge in [0.15, 0.2) is 0 Å². The molecular formula is C5H5BrN2O. The van der Waals surface area contributed by atoms with Gasteiger partial charge in [0.2, 0.25) is 5.88 Å². The Bertz CT molecular complexity index is 281. The molecule has 0 aromatic carbocycles. The highest BCUT2D eigenvalue weighted by molar-refractivity contribution is 9.10. The number of methoxy groups -OCH3 is 1. The molecule has 0 bridgehead atoms. The molecule has 0 saturated carbocycles. The van der Waals surface area contributed by atoms with E-state index in [1.165, 1.54) is 7.11 Å². The van der Waals surface area contributed by atoms with Gasteiger partial charge >= 0.3 is 0 Å². The largest absolute Gasteiger partial charge is 0.481 e. The molecule has 0 amide bonds. The van der Waals surface area contributed by atoms with Crippen LogP contribution in [0.25, 0.3) is 0 Å². The Labute approximate surface area is 64.0 Å². The van der Waals surface area contributed by atoms with Crippen LogP contribution in [-0.4, -0.2) is 17.1 Å². The summed E-state index contributed by atoms with van der Waals surface area (Å²) in [6.07, 6.45) is -0.162. The van der Waals surface area contributed by atoms with Gasteiger partial charge in [0.1, 0.15) is 12.3 Å². The van der Waals surface area contributed by atoms with Gasteiger partial charge in [-0.2, -0.15) is 0 Å². The van der Waals surface area contributed by atoms with E-state index in [0.29, 0.717) is 0 Å². The topological polar surface area (TPSA) is 35.0 Å². The maximum absolute atomic E-state index is 7.31. The van der Waals surface area contributed by atoms with Crippen LogP contribution in [0.5, 0.6) is 5.88 Å². The van der Waals surface area contributed by atoms with Gasteiger partial charge in [-0.1, -0.05) is 0 Å². The molecule has 3 nitrogen and oxygen atoms in total. The second-order valence-corrected chi connectivity index (χ2v) is 2.00. The highest BCUT2D eigenvalue weighted by Gasteiger charge is 1.91. The van der Waals surface area contributed by atoms with Gasteiger partial charge in [-0.05, 0) is 15.9 Å². The van der Waals surface area contributed by atoms with Gasteiger partial charge < -0.3 is 4.74 Å². The van der Waals surface area contributed by atoms with Crippen molar-refractivity contribution in [1.29, 1.82) is 0 Å². The lowest BCUT2D eigenvalue weighted by atomic mass is 10.6. The summed E-state index contributed by atoms with van der Waals surface area (Å²) in [6.45, 7) is 0. The molecule has 0 N–H and O–H groups in total. The number of rotatable bonds is 1. The smallest absolute Gasteiger partial charge is 0.217 e. The molecule has 1 aromatic rings. The first-order valence-corrected chi connectivity index (χ1v) is 2.99. The molecule has 4 heteroatoms. The fourth-order valence-corrected chi connectivity index (χ4v) is 0.604. The standard InChI is InChI=1S/C5H5BrN2O/c1-9-5-2-4(6)7-3-8-5/h2-3H,1H3/i2D,3D. The van der Waals surface area contributed by atoms with Crippen LogP contribution in [0.2, 0.25) is 0 Å². The lowest BCUT2D eigenvalue weighted by molar-refractivity contribution is 0.396. The molecule has 1 aromatic heterocycles. The second kappa shape index (κ2) is 2.77. The quantitative estimate of drug-likeness (QED) is 0.626. The van der Waals surface area contributed by atoms with Crippen LogP contribution in [-0.2, 0) is 0 Å². The van der Waals surface area contributed by atoms with Crippen LogP contribution in [0.1, 0.15) is 2.74 Å². The number of nitrogens with zero attached hydrogens (tertiary/aromatic N) is 2. The summed E-state index contributed by atoms with van der Waals surface area (Å²) in [5.41, 5.74) is 0. The van der Waals surface area contributed by atoms with Crippen molar-refractivity contribution in [1.82, 2.24) is 9.97 Å². The Morgan fingerprint density at radius 1 is 1.78 bits per heavy atom. The predicted octanol–water partition coefficient (Wildman–Crippen LogP) is 1.25. The molecule has 1 rings (SSSR count). The number of halogens is 1. The highest BCUT2D eigenvalue weighted by Crippen LogP contribution is 2.09. The first-order chi connectivity index (χ1) is 5.15. The Hall–Kier alpha value is -0.640. The van der Waals surface area contributed by atoms with Gasteiger partial charge in [-0.3, -0.25) is 0 Å². The Morgan fingerprint density at radius 3 is 3.22 bits per heavy atom. The third kappa shape index (κ3) is 1.64. The van der Waals surface area contributed by atoms with Crippen molar-refractivity contribution in [2.75, 3.05) is 7.11 Å². The van der Waals surface area contributed by atoms with E-state index in [0.717, 1.165) is 0 Å². The predicted molar refractivity (Wildman–Crippen MR) is 36.3 cm³/mol. The lowest BCUT2D eigenvalue weighted by Crippen LogP contribution is -1.87. The minimum absolute atomic E-state index is 0.0588. The molecule has 0 unspecified atom stereocenters. The molecular weight excluding hydrogens is 184 g/mol. The number of hydrogen-bond donors (Lipinski definition) is 0. The molecule has 0 fully saturated rings. The summed E-state index contributed by atoms with van der Waals surface area (Å²) in [5, 5.41) is 0. The van der Waals surface area contributed by atoms with Crippen molar-refractivity contribution in [3.8, 4) is 5.88 Å². The molecule has 0 aliphatic carbocycles. The van der Waals surface area contributed by atoms with Gasteiger partial charge in [0, 0.05) is 6.04 Å². The van der Waals surface area contributed by atoms with E-state index in [4.69, 9.17) is 7.48 Å². The van der Waals surface area contributed by atoms with Crippen LogP contribution >= 0.6 is 15.9 Å². The van der Waals surface area contributed by atoms with Crippen LogP contribution in [0, 0.1) is 0 Å². The molecule has 0 aliphatic rings. The van der Waals surface area contributed by atoms with E-state index in [1.807, 2.05) is 0 Å². The Kier molecular flexibility index (Phi) is 1.30. The first kappa shape index (κ1) is 4.22. The van der Waals surface area contributed by atoms with Crippen molar-refractivity contribution >= 4 is 15.9 Å². The monoisotopic (exact) mass is 190 g/mol. The molecule has 0 radical (unpaired) electrons. The summed E-state index contributed by atoms with van der Waals surface area (Å²) in [4.78, 5) is 7.15. The third-order valence-electron chi connectivity index (χ3n) is 0.703. The highest BCUT2D eigenvalue weighted by atomic mass is 79.9. The SMILES string of the molecule is [2H]c1nc(Br)c([2H])c(OC)n1. The molecule has 0 saturated heterocycles. The van der Waals surface area contributed by atoms with Crippen molar-refractivity contribution in [3.05, 3.63) is 16.9 Å². The van der Waals surface area contributed by atoms with E-state index >= 15 is 0 Å². The number of aromatic nitrogens is 2. The average Bonchev–Trinajstić information content (AvgIpc) is 1.96. The summed E-state index contributed by atoms with van der Waals surface area (Å²) in [7, 11) is 1.40. The van der Waals surface area contributed by atoms with E-state index < -0.39 is 0 Å². The molecule has 1 heterocycles. The number of ether oxygens (including phenoxy) is 1. The summed E-state index contributed by atoms with van der Waals surface area (Å²) in [5.74, 6) is 0.108. The van der Waals surface area contributed by atoms with Gasteiger partial charge in [0.05, 0.1) is 8.48 Å². The van der Waals surface area contributed by atoms with Crippen molar-refractivity contribution in [2.45, 2.75) is 0 Å². The molecule has 9 heavy (non-hydrogen) atoms. The molecule has 0 spiro atoms. The summed E-state index contributed by atoms with van der Waals surface area (Å²) < 4.78 is 19.4. The summed E-state index contributed by atoms with van der Waals surface area (Å²) >= 11 is 3.00. The normalized spacial score (nSPS) is 12.2. The minimum atomic E-state index is -0.162. The van der Waals surface area contributed by atoms with E-state index in [1.54, 1.807) is 0 Å². The maximum atomic E-state index is 7.31. The molecule has 0 aliphatic heterocycles. The Balaban J connectivity index is 3.24. The maximum Gasteiger partial charge on any atom is 0.217 e. The van der Waals surface area contributed by atoms with Crippen LogP contribution in [0.3, 0.4) is 0 Å². The van der Waals surface area contributed by atoms with Gasteiger partial charge in [-0.15, -0.1) is 0 Å². The average molecular weight is 191 g/mol. The molecule has 48 valence electrons. The third-order valence-corrected chi connectivity index (χ3v) is 1.08. The first-order valence-electron chi connectivity index (χ1n) is 3.20. The second-order valence-electron chi connectivity index (χ2n) is 1.25. The van der Waals surface area contributed by atoms with E-state index in [-0.39, 0.29) is 22.8 Å². The van der Waals surface area contributed by atoms with Gasteiger partial charge in [-0.25, -0.2) is 9.97 Å². The van der Waals surface area contributed by atoms with E-state index in [9.17, 15) is 0 Å². The zero-order chi connectivity index (χ0) is 8.43. The minimum Gasteiger partial charge on any atom is -0.481 e. The Morgan fingerprint density at radius 2 is 2.56 bits per heavy atom. The van der Waals surface area contributed by atoms with Crippen LogP contribution < -0.4 is 4.74 Å². The fourth-order valence-electron chi connectivity index (χ4n) is 0.355. The zero-order valence-corrected chi connectivity index (χ0v) is 6.27. The number of hydrogen-bond acceptors (Lipinski definition) is 3. The van der Waals surface area contributed by atoms with E-state index in [2.05, 4.69) is 25.9 Å². The van der Waals surface area contributed by atoms with Gasteiger partial charge in [0.25, 0.3) is 0 Å².